The SMILES string of the molecule is CCc1cnc(N2CCCN(C(=O)C3CCC(=O)N3)CC2)nc1. The van der Waals surface area contributed by atoms with Crippen molar-refractivity contribution in [2.45, 2.75) is 38.6 Å². The Morgan fingerprint density at radius 2 is 2.04 bits per heavy atom. The monoisotopic (exact) mass is 317 g/mol. The number of nitrogens with zero attached hydrogens (tertiary/aromatic N) is 4. The van der Waals surface area contributed by atoms with Crippen LogP contribution in [0.5, 0.6) is 0 Å². The standard InChI is InChI=1S/C16H23N5O2/c1-2-12-10-17-16(18-11-12)21-7-3-6-20(8-9-21)15(23)13-4-5-14(22)19-13/h10-11,13H,2-9H2,1H3,(H,19,22). The zero-order valence-corrected chi connectivity index (χ0v) is 13.5. The van der Waals surface area contributed by atoms with Crippen LogP contribution in [0.2, 0.25) is 0 Å². The summed E-state index contributed by atoms with van der Waals surface area (Å²) in [5.74, 6) is 0.745. The summed E-state index contributed by atoms with van der Waals surface area (Å²) in [6.45, 7) is 5.00. The lowest BCUT2D eigenvalue weighted by atomic mass is 10.2. The highest BCUT2D eigenvalue weighted by atomic mass is 16.2. The van der Waals surface area contributed by atoms with Crippen LogP contribution in [0, 0.1) is 0 Å². The van der Waals surface area contributed by atoms with Crippen molar-refractivity contribution in [1.29, 1.82) is 0 Å². The van der Waals surface area contributed by atoms with Crippen molar-refractivity contribution < 1.29 is 9.59 Å². The van der Waals surface area contributed by atoms with Crippen LogP contribution in [-0.4, -0.2) is 58.9 Å². The Morgan fingerprint density at radius 1 is 1.26 bits per heavy atom. The summed E-state index contributed by atoms with van der Waals surface area (Å²) in [5.41, 5.74) is 1.12. The van der Waals surface area contributed by atoms with Crippen LogP contribution in [-0.2, 0) is 16.0 Å². The van der Waals surface area contributed by atoms with Gasteiger partial charge in [0.25, 0.3) is 0 Å². The van der Waals surface area contributed by atoms with Crippen molar-refractivity contribution in [1.82, 2.24) is 20.2 Å². The average Bonchev–Trinajstić information content (AvgIpc) is 2.87. The van der Waals surface area contributed by atoms with E-state index in [1.807, 2.05) is 17.3 Å². The number of rotatable bonds is 3. The van der Waals surface area contributed by atoms with Gasteiger partial charge in [-0.1, -0.05) is 6.92 Å². The quantitative estimate of drug-likeness (QED) is 0.871. The molecule has 2 aliphatic rings. The van der Waals surface area contributed by atoms with Crippen molar-refractivity contribution in [3.8, 4) is 0 Å². The molecule has 3 rings (SSSR count). The molecule has 2 saturated heterocycles. The molecule has 2 fully saturated rings. The Balaban J connectivity index is 1.60. The van der Waals surface area contributed by atoms with E-state index in [1.165, 1.54) is 0 Å². The molecule has 0 spiro atoms. The van der Waals surface area contributed by atoms with E-state index in [2.05, 4.69) is 27.1 Å². The molecule has 7 nitrogen and oxygen atoms in total. The van der Waals surface area contributed by atoms with Gasteiger partial charge in [0.2, 0.25) is 17.8 Å². The fraction of sp³-hybridized carbons (Fsp3) is 0.625. The first kappa shape index (κ1) is 15.7. The van der Waals surface area contributed by atoms with Gasteiger partial charge in [-0.3, -0.25) is 9.59 Å². The summed E-state index contributed by atoms with van der Waals surface area (Å²) in [5, 5.41) is 2.76. The molecular weight excluding hydrogens is 294 g/mol. The molecule has 1 aromatic rings. The summed E-state index contributed by atoms with van der Waals surface area (Å²) < 4.78 is 0. The first-order valence-corrected chi connectivity index (χ1v) is 8.31. The van der Waals surface area contributed by atoms with E-state index >= 15 is 0 Å². The van der Waals surface area contributed by atoms with E-state index in [0.717, 1.165) is 44.0 Å². The Morgan fingerprint density at radius 3 is 2.70 bits per heavy atom. The Kier molecular flexibility index (Phi) is 4.73. The average molecular weight is 317 g/mol. The predicted molar refractivity (Wildman–Crippen MR) is 86.0 cm³/mol. The zero-order chi connectivity index (χ0) is 16.2. The van der Waals surface area contributed by atoms with E-state index in [9.17, 15) is 9.59 Å². The predicted octanol–water partition coefficient (Wildman–Crippen LogP) is 0.356. The third-order valence-corrected chi connectivity index (χ3v) is 4.48. The first-order chi connectivity index (χ1) is 11.2. The van der Waals surface area contributed by atoms with Crippen LogP contribution in [0.15, 0.2) is 12.4 Å². The van der Waals surface area contributed by atoms with Gasteiger partial charge >= 0.3 is 0 Å². The minimum atomic E-state index is -0.339. The summed E-state index contributed by atoms with van der Waals surface area (Å²) in [7, 11) is 0. The molecular formula is C16H23N5O2. The molecule has 23 heavy (non-hydrogen) atoms. The van der Waals surface area contributed by atoms with Gasteiger partial charge in [0.15, 0.2) is 0 Å². The number of amides is 2. The maximum Gasteiger partial charge on any atom is 0.245 e. The summed E-state index contributed by atoms with van der Waals surface area (Å²) >= 11 is 0. The number of anilines is 1. The fourth-order valence-corrected chi connectivity index (χ4v) is 3.05. The van der Waals surface area contributed by atoms with Crippen molar-refractivity contribution in [2.75, 3.05) is 31.1 Å². The molecule has 1 unspecified atom stereocenters. The summed E-state index contributed by atoms with van der Waals surface area (Å²) in [6, 6.07) is -0.339. The van der Waals surface area contributed by atoms with Gasteiger partial charge in [-0.2, -0.15) is 0 Å². The highest BCUT2D eigenvalue weighted by Gasteiger charge is 2.31. The van der Waals surface area contributed by atoms with Crippen molar-refractivity contribution >= 4 is 17.8 Å². The van der Waals surface area contributed by atoms with Gasteiger partial charge in [-0.15, -0.1) is 0 Å². The normalized spacial score (nSPS) is 22.0. The smallest absolute Gasteiger partial charge is 0.245 e. The number of carbonyl (C=O) groups excluding carboxylic acids is 2. The number of aryl methyl sites for hydroxylation is 1. The van der Waals surface area contributed by atoms with Crippen molar-refractivity contribution in [2.24, 2.45) is 0 Å². The van der Waals surface area contributed by atoms with Gasteiger partial charge in [-0.05, 0) is 24.8 Å². The van der Waals surface area contributed by atoms with Crippen LogP contribution in [0.1, 0.15) is 31.7 Å². The van der Waals surface area contributed by atoms with E-state index in [0.29, 0.717) is 19.4 Å². The Labute approximate surface area is 136 Å². The largest absolute Gasteiger partial charge is 0.344 e. The molecule has 0 saturated carbocycles. The third kappa shape index (κ3) is 3.60. The number of carbonyl (C=O) groups is 2. The van der Waals surface area contributed by atoms with Crippen LogP contribution >= 0.6 is 0 Å². The highest BCUT2D eigenvalue weighted by molar-refractivity contribution is 5.90. The lowest BCUT2D eigenvalue weighted by Gasteiger charge is -2.24. The van der Waals surface area contributed by atoms with Gasteiger partial charge in [-0.25, -0.2) is 9.97 Å². The Bertz CT molecular complexity index is 574. The van der Waals surface area contributed by atoms with Crippen LogP contribution in [0.4, 0.5) is 5.95 Å². The van der Waals surface area contributed by atoms with E-state index in [4.69, 9.17) is 0 Å². The number of aromatic nitrogens is 2. The second kappa shape index (κ2) is 6.93. The molecule has 1 atom stereocenters. The molecule has 3 heterocycles. The molecule has 2 aliphatic heterocycles. The molecule has 0 radical (unpaired) electrons. The highest BCUT2D eigenvalue weighted by Crippen LogP contribution is 2.15. The van der Waals surface area contributed by atoms with Crippen molar-refractivity contribution in [3.05, 3.63) is 18.0 Å². The van der Waals surface area contributed by atoms with Gasteiger partial charge < -0.3 is 15.1 Å². The molecule has 1 N–H and O–H groups in total. The molecule has 7 heteroatoms. The second-order valence-electron chi connectivity index (χ2n) is 6.07. The molecule has 1 aromatic heterocycles. The molecule has 2 amide bonds. The third-order valence-electron chi connectivity index (χ3n) is 4.48. The van der Waals surface area contributed by atoms with E-state index in [-0.39, 0.29) is 17.9 Å². The molecule has 0 aromatic carbocycles. The summed E-state index contributed by atoms with van der Waals surface area (Å²) in [4.78, 5) is 36.6. The fourth-order valence-electron chi connectivity index (χ4n) is 3.05. The minimum absolute atomic E-state index is 0.0239. The van der Waals surface area contributed by atoms with Gasteiger partial charge in [0, 0.05) is 45.0 Å². The zero-order valence-electron chi connectivity index (χ0n) is 13.5. The summed E-state index contributed by atoms with van der Waals surface area (Å²) in [6.07, 6.45) is 6.60. The van der Waals surface area contributed by atoms with Crippen LogP contribution in [0.3, 0.4) is 0 Å². The van der Waals surface area contributed by atoms with Crippen LogP contribution < -0.4 is 10.2 Å². The second-order valence-corrected chi connectivity index (χ2v) is 6.07. The lowest BCUT2D eigenvalue weighted by molar-refractivity contribution is -0.134. The van der Waals surface area contributed by atoms with Crippen molar-refractivity contribution in [3.63, 3.8) is 0 Å². The number of nitrogens with one attached hydrogen (secondary N) is 1. The molecule has 0 aliphatic carbocycles. The first-order valence-electron chi connectivity index (χ1n) is 8.31. The minimum Gasteiger partial charge on any atom is -0.344 e. The molecule has 124 valence electrons. The Hall–Kier alpha value is -2.18. The van der Waals surface area contributed by atoms with E-state index in [1.54, 1.807) is 0 Å². The number of hydrogen-bond acceptors (Lipinski definition) is 5. The van der Waals surface area contributed by atoms with E-state index < -0.39 is 0 Å². The lowest BCUT2D eigenvalue weighted by Crippen LogP contribution is -2.45. The molecule has 0 bridgehead atoms. The maximum absolute atomic E-state index is 12.5. The topological polar surface area (TPSA) is 78.4 Å². The van der Waals surface area contributed by atoms with Gasteiger partial charge in [0.05, 0.1) is 0 Å². The number of hydrogen-bond donors (Lipinski definition) is 1. The van der Waals surface area contributed by atoms with Crippen LogP contribution in [0.25, 0.3) is 0 Å². The maximum atomic E-state index is 12.5. The van der Waals surface area contributed by atoms with Gasteiger partial charge in [0.1, 0.15) is 6.04 Å².